The lowest BCUT2D eigenvalue weighted by Gasteiger charge is -2.23. The molecule has 0 heterocycles. The Balaban J connectivity index is 0.00000400. The van der Waals surface area contributed by atoms with E-state index in [9.17, 15) is 18.8 Å². The molecule has 4 rings (SSSR count). The van der Waals surface area contributed by atoms with Crippen LogP contribution in [0.5, 0.6) is 5.75 Å². The number of halogens is 2. The largest absolute Gasteiger partial charge is 0.492 e. The second-order valence-corrected chi connectivity index (χ2v) is 9.36. The molecule has 3 aromatic carbocycles. The van der Waals surface area contributed by atoms with Gasteiger partial charge in [0.15, 0.2) is 11.6 Å². The lowest BCUT2D eigenvalue weighted by molar-refractivity contribution is -0.123. The van der Waals surface area contributed by atoms with Crippen molar-refractivity contribution in [1.29, 1.82) is 0 Å². The van der Waals surface area contributed by atoms with E-state index in [1.807, 2.05) is 17.0 Å². The number of nitrogens with zero attached hydrogens (tertiary/aromatic N) is 1. The third kappa shape index (κ3) is 7.49. The Morgan fingerprint density at radius 3 is 2.39 bits per heavy atom. The number of carbonyl (C=O) groups excluding carboxylic acids is 3. The maximum absolute atomic E-state index is 13.4. The number of Topliss-reactive ketones (excluding diaryl/α,β-unsaturated/α-hetero) is 2. The first-order chi connectivity index (χ1) is 17.8. The van der Waals surface area contributed by atoms with Crippen molar-refractivity contribution < 1.29 is 23.5 Å². The standard InChI is InChI=1S/C30H31FN2O4.ClH/c1-20(34)26-13-12-25(17-28(26)21(2)35)37-16-15-33(18-22-7-10-24(31)11-8-22)19-30(36)32-29-14-9-23-5-3-4-6-27(23)29;/h3-8,10-13,17,29H,9,14-16,18-19H2,1-2H3,(H,32,36);1H/t29-;/m1./s1. The summed E-state index contributed by atoms with van der Waals surface area (Å²) in [6, 6.07) is 19.2. The van der Waals surface area contributed by atoms with Crippen molar-refractivity contribution in [3.05, 3.63) is 100 Å². The molecule has 1 amide bonds. The zero-order chi connectivity index (χ0) is 26.4. The average Bonchev–Trinajstić information content (AvgIpc) is 3.27. The van der Waals surface area contributed by atoms with Gasteiger partial charge >= 0.3 is 0 Å². The van der Waals surface area contributed by atoms with Gasteiger partial charge in [-0.3, -0.25) is 19.3 Å². The monoisotopic (exact) mass is 538 g/mol. The van der Waals surface area contributed by atoms with E-state index >= 15 is 0 Å². The van der Waals surface area contributed by atoms with Gasteiger partial charge in [-0.05, 0) is 73.7 Å². The summed E-state index contributed by atoms with van der Waals surface area (Å²) in [6.45, 7) is 4.12. The molecule has 0 saturated heterocycles. The van der Waals surface area contributed by atoms with E-state index in [4.69, 9.17) is 4.74 Å². The van der Waals surface area contributed by atoms with Crippen LogP contribution < -0.4 is 10.1 Å². The lowest BCUT2D eigenvalue weighted by atomic mass is 10.0. The van der Waals surface area contributed by atoms with Crippen LogP contribution in [0, 0.1) is 5.82 Å². The Morgan fingerprint density at radius 1 is 0.974 bits per heavy atom. The number of ketones is 2. The normalized spacial score (nSPS) is 13.9. The molecule has 0 bridgehead atoms. The van der Waals surface area contributed by atoms with Crippen LogP contribution in [0.15, 0.2) is 66.7 Å². The number of rotatable bonds is 11. The quantitative estimate of drug-likeness (QED) is 0.334. The van der Waals surface area contributed by atoms with Crippen molar-refractivity contribution in [1.82, 2.24) is 10.2 Å². The van der Waals surface area contributed by atoms with Gasteiger partial charge in [0.05, 0.1) is 12.6 Å². The third-order valence-corrected chi connectivity index (χ3v) is 6.58. The van der Waals surface area contributed by atoms with Gasteiger partial charge in [0.1, 0.15) is 18.2 Å². The van der Waals surface area contributed by atoms with E-state index in [0.29, 0.717) is 30.0 Å². The minimum absolute atomic E-state index is 0. The first kappa shape index (κ1) is 29.0. The molecule has 3 aromatic rings. The number of carbonyl (C=O) groups is 3. The van der Waals surface area contributed by atoms with Gasteiger partial charge in [-0.1, -0.05) is 36.4 Å². The van der Waals surface area contributed by atoms with Crippen LogP contribution in [0.1, 0.15) is 63.7 Å². The van der Waals surface area contributed by atoms with Crippen LogP contribution in [-0.4, -0.2) is 42.1 Å². The van der Waals surface area contributed by atoms with Crippen LogP contribution in [-0.2, 0) is 17.8 Å². The molecule has 38 heavy (non-hydrogen) atoms. The predicted octanol–water partition coefficient (Wildman–Crippen LogP) is 5.34. The fourth-order valence-corrected chi connectivity index (χ4v) is 4.72. The molecule has 0 saturated carbocycles. The molecular formula is C30H32ClFN2O4. The highest BCUT2D eigenvalue weighted by molar-refractivity contribution is 6.07. The number of benzene rings is 3. The average molecular weight is 539 g/mol. The topological polar surface area (TPSA) is 75.7 Å². The molecule has 0 radical (unpaired) electrons. The maximum atomic E-state index is 13.4. The molecule has 8 heteroatoms. The van der Waals surface area contributed by atoms with E-state index in [1.54, 1.807) is 30.3 Å². The van der Waals surface area contributed by atoms with Crippen molar-refractivity contribution in [3.63, 3.8) is 0 Å². The summed E-state index contributed by atoms with van der Waals surface area (Å²) in [5.74, 6) is -0.319. The molecule has 1 N–H and O–H groups in total. The van der Waals surface area contributed by atoms with Gasteiger partial charge in [-0.2, -0.15) is 0 Å². The Labute approximate surface area is 228 Å². The van der Waals surface area contributed by atoms with Crippen LogP contribution in [0.3, 0.4) is 0 Å². The van der Waals surface area contributed by atoms with Gasteiger partial charge in [0, 0.05) is 24.2 Å². The molecule has 1 atom stereocenters. The van der Waals surface area contributed by atoms with Gasteiger partial charge < -0.3 is 10.1 Å². The summed E-state index contributed by atoms with van der Waals surface area (Å²) in [6.07, 6.45) is 1.82. The first-order valence-corrected chi connectivity index (χ1v) is 12.4. The van der Waals surface area contributed by atoms with E-state index in [-0.39, 0.29) is 54.9 Å². The number of ether oxygens (including phenoxy) is 1. The molecule has 0 unspecified atom stereocenters. The van der Waals surface area contributed by atoms with Crippen molar-refractivity contribution in [2.24, 2.45) is 0 Å². The van der Waals surface area contributed by atoms with Crippen LogP contribution >= 0.6 is 12.4 Å². The minimum Gasteiger partial charge on any atom is -0.492 e. The zero-order valence-corrected chi connectivity index (χ0v) is 22.4. The third-order valence-electron chi connectivity index (χ3n) is 6.58. The Bertz CT molecular complexity index is 1300. The summed E-state index contributed by atoms with van der Waals surface area (Å²) < 4.78 is 19.3. The molecule has 0 spiro atoms. The summed E-state index contributed by atoms with van der Waals surface area (Å²) in [4.78, 5) is 38.7. The molecule has 6 nitrogen and oxygen atoms in total. The molecule has 0 aromatic heterocycles. The molecule has 1 aliphatic carbocycles. The number of hydrogen-bond donors (Lipinski definition) is 1. The van der Waals surface area contributed by atoms with Crippen molar-refractivity contribution in [2.75, 3.05) is 19.7 Å². The van der Waals surface area contributed by atoms with E-state index in [0.717, 1.165) is 18.4 Å². The smallest absolute Gasteiger partial charge is 0.234 e. The minimum atomic E-state index is -0.313. The lowest BCUT2D eigenvalue weighted by Crippen LogP contribution is -2.39. The SMILES string of the molecule is CC(=O)c1ccc(OCCN(CC(=O)N[C@@H]2CCc3ccccc32)Cc2ccc(F)cc2)cc1C(C)=O.Cl. The Kier molecular flexibility index (Phi) is 10.2. The predicted molar refractivity (Wildman–Crippen MR) is 147 cm³/mol. The summed E-state index contributed by atoms with van der Waals surface area (Å²) in [5, 5.41) is 3.15. The Hall–Kier alpha value is -3.55. The fourth-order valence-electron chi connectivity index (χ4n) is 4.72. The second kappa shape index (κ2) is 13.3. The van der Waals surface area contributed by atoms with Crippen molar-refractivity contribution >= 4 is 29.9 Å². The van der Waals surface area contributed by atoms with Crippen LogP contribution in [0.2, 0.25) is 0 Å². The second-order valence-electron chi connectivity index (χ2n) is 9.36. The molecule has 0 aliphatic heterocycles. The molecule has 1 aliphatic rings. The zero-order valence-electron chi connectivity index (χ0n) is 21.5. The number of aryl methyl sites for hydroxylation is 1. The van der Waals surface area contributed by atoms with Crippen LogP contribution in [0.4, 0.5) is 4.39 Å². The van der Waals surface area contributed by atoms with Gasteiger partial charge in [0.25, 0.3) is 0 Å². The number of amides is 1. The first-order valence-electron chi connectivity index (χ1n) is 12.4. The van der Waals surface area contributed by atoms with Crippen LogP contribution in [0.25, 0.3) is 0 Å². The van der Waals surface area contributed by atoms with Gasteiger partial charge in [-0.15, -0.1) is 12.4 Å². The Morgan fingerprint density at radius 2 is 1.68 bits per heavy atom. The molecule has 0 fully saturated rings. The summed E-state index contributed by atoms with van der Waals surface area (Å²) in [7, 11) is 0. The number of hydrogen-bond acceptors (Lipinski definition) is 5. The van der Waals surface area contributed by atoms with Gasteiger partial charge in [-0.25, -0.2) is 4.39 Å². The van der Waals surface area contributed by atoms with Crippen molar-refractivity contribution in [2.45, 2.75) is 39.3 Å². The highest BCUT2D eigenvalue weighted by Gasteiger charge is 2.24. The summed E-state index contributed by atoms with van der Waals surface area (Å²) >= 11 is 0. The van der Waals surface area contributed by atoms with E-state index in [1.165, 1.54) is 37.1 Å². The van der Waals surface area contributed by atoms with E-state index in [2.05, 4.69) is 17.4 Å². The van der Waals surface area contributed by atoms with Crippen molar-refractivity contribution in [3.8, 4) is 5.75 Å². The maximum Gasteiger partial charge on any atom is 0.234 e. The highest BCUT2D eigenvalue weighted by Crippen LogP contribution is 2.30. The number of nitrogens with one attached hydrogen (secondary N) is 1. The number of fused-ring (bicyclic) bond motifs is 1. The fraction of sp³-hybridized carbons (Fsp3) is 0.300. The molecule has 200 valence electrons. The van der Waals surface area contributed by atoms with Gasteiger partial charge in [0.2, 0.25) is 5.91 Å². The summed E-state index contributed by atoms with van der Waals surface area (Å²) in [5.41, 5.74) is 4.00. The molecular weight excluding hydrogens is 507 g/mol. The van der Waals surface area contributed by atoms with E-state index < -0.39 is 0 Å². The highest BCUT2D eigenvalue weighted by atomic mass is 35.5.